The van der Waals surface area contributed by atoms with Gasteiger partial charge in [-0.25, -0.2) is 0 Å². The zero-order chi connectivity index (χ0) is 15.2. The van der Waals surface area contributed by atoms with Crippen LogP contribution in [0.5, 0.6) is 0 Å². The van der Waals surface area contributed by atoms with Gasteiger partial charge in [-0.2, -0.15) is 0 Å². The van der Waals surface area contributed by atoms with Gasteiger partial charge in [0.05, 0.1) is 19.3 Å². The summed E-state index contributed by atoms with van der Waals surface area (Å²) in [6, 6.07) is 0.192. The first-order chi connectivity index (χ1) is 10.8. The molecule has 0 spiro atoms. The standard InChI is InChI=1S/C17H30N2O3/c20-17(11-15-13-21-10-7-18-15)19-8-5-16(6-9-19)22-12-14-3-1-2-4-14/h14-16,18H,1-13H2. The van der Waals surface area contributed by atoms with E-state index in [1.165, 1.54) is 25.7 Å². The number of rotatable bonds is 5. The monoisotopic (exact) mass is 310 g/mol. The predicted molar refractivity (Wildman–Crippen MR) is 84.7 cm³/mol. The third-order valence-electron chi connectivity index (χ3n) is 5.26. The van der Waals surface area contributed by atoms with E-state index in [9.17, 15) is 4.79 Å². The molecule has 22 heavy (non-hydrogen) atoms. The lowest BCUT2D eigenvalue weighted by Crippen LogP contribution is -2.47. The van der Waals surface area contributed by atoms with Gasteiger partial charge in [-0.3, -0.25) is 4.79 Å². The highest BCUT2D eigenvalue weighted by atomic mass is 16.5. The zero-order valence-corrected chi connectivity index (χ0v) is 13.6. The number of hydrogen-bond donors (Lipinski definition) is 1. The second kappa shape index (κ2) is 8.27. The number of nitrogens with zero attached hydrogens (tertiary/aromatic N) is 1. The van der Waals surface area contributed by atoms with Crippen LogP contribution in [0.15, 0.2) is 0 Å². The molecule has 2 aliphatic heterocycles. The molecule has 3 rings (SSSR count). The molecule has 2 saturated heterocycles. The Hall–Kier alpha value is -0.650. The van der Waals surface area contributed by atoms with Crippen molar-refractivity contribution < 1.29 is 14.3 Å². The minimum absolute atomic E-state index is 0.192. The Morgan fingerprint density at radius 3 is 2.64 bits per heavy atom. The van der Waals surface area contributed by atoms with Crippen LogP contribution in [0.25, 0.3) is 0 Å². The van der Waals surface area contributed by atoms with E-state index in [0.29, 0.717) is 19.1 Å². The lowest BCUT2D eigenvalue weighted by atomic mass is 10.1. The van der Waals surface area contributed by atoms with E-state index in [4.69, 9.17) is 9.47 Å². The maximum atomic E-state index is 12.3. The SMILES string of the molecule is O=C(CC1COCCN1)N1CCC(OCC2CCCC2)CC1. The highest BCUT2D eigenvalue weighted by Crippen LogP contribution is 2.26. The maximum Gasteiger partial charge on any atom is 0.224 e. The average molecular weight is 310 g/mol. The Kier molecular flexibility index (Phi) is 6.10. The quantitative estimate of drug-likeness (QED) is 0.837. The number of carbonyl (C=O) groups excluding carboxylic acids is 1. The third-order valence-corrected chi connectivity index (χ3v) is 5.26. The molecule has 0 aromatic carbocycles. The number of ether oxygens (including phenoxy) is 2. The van der Waals surface area contributed by atoms with Gasteiger partial charge in [0.25, 0.3) is 0 Å². The number of amides is 1. The highest BCUT2D eigenvalue weighted by molar-refractivity contribution is 5.77. The van der Waals surface area contributed by atoms with Crippen LogP contribution in [-0.2, 0) is 14.3 Å². The van der Waals surface area contributed by atoms with E-state index in [-0.39, 0.29) is 11.9 Å². The van der Waals surface area contributed by atoms with Crippen molar-refractivity contribution in [2.45, 2.75) is 57.1 Å². The van der Waals surface area contributed by atoms with Gasteiger partial charge in [-0.15, -0.1) is 0 Å². The van der Waals surface area contributed by atoms with Crippen molar-refractivity contribution in [1.29, 1.82) is 0 Å². The second-order valence-corrected chi connectivity index (χ2v) is 6.99. The van der Waals surface area contributed by atoms with Gasteiger partial charge < -0.3 is 19.7 Å². The number of nitrogens with one attached hydrogen (secondary N) is 1. The molecule has 0 aromatic rings. The molecule has 1 saturated carbocycles. The molecule has 0 aromatic heterocycles. The molecular formula is C17H30N2O3. The summed E-state index contributed by atoms with van der Waals surface area (Å²) in [7, 11) is 0. The first-order valence-electron chi connectivity index (χ1n) is 9.02. The van der Waals surface area contributed by atoms with Crippen molar-refractivity contribution >= 4 is 5.91 Å². The molecule has 1 atom stereocenters. The number of piperidine rings is 1. The van der Waals surface area contributed by atoms with Crippen LogP contribution in [0.1, 0.15) is 44.9 Å². The minimum atomic E-state index is 0.192. The summed E-state index contributed by atoms with van der Waals surface area (Å²) in [5.41, 5.74) is 0. The molecule has 3 aliphatic rings. The molecule has 1 aliphatic carbocycles. The highest BCUT2D eigenvalue weighted by Gasteiger charge is 2.26. The Balaban J connectivity index is 1.32. The molecule has 126 valence electrons. The first kappa shape index (κ1) is 16.2. The average Bonchev–Trinajstić information content (AvgIpc) is 3.08. The van der Waals surface area contributed by atoms with E-state index < -0.39 is 0 Å². The van der Waals surface area contributed by atoms with E-state index in [1.807, 2.05) is 4.90 Å². The van der Waals surface area contributed by atoms with Crippen LogP contribution in [0, 0.1) is 5.92 Å². The van der Waals surface area contributed by atoms with Crippen molar-refractivity contribution in [2.75, 3.05) is 39.5 Å². The molecule has 5 nitrogen and oxygen atoms in total. The van der Waals surface area contributed by atoms with E-state index in [0.717, 1.165) is 51.6 Å². The molecule has 5 heteroatoms. The van der Waals surface area contributed by atoms with Gasteiger partial charge in [0, 0.05) is 38.7 Å². The smallest absolute Gasteiger partial charge is 0.224 e. The minimum Gasteiger partial charge on any atom is -0.378 e. The molecule has 1 amide bonds. The summed E-state index contributed by atoms with van der Waals surface area (Å²) < 4.78 is 11.5. The summed E-state index contributed by atoms with van der Waals surface area (Å²) in [5, 5.41) is 3.35. The topological polar surface area (TPSA) is 50.8 Å². The van der Waals surface area contributed by atoms with Gasteiger partial charge in [-0.1, -0.05) is 12.8 Å². The fraction of sp³-hybridized carbons (Fsp3) is 0.941. The van der Waals surface area contributed by atoms with Gasteiger partial charge in [0.2, 0.25) is 5.91 Å². The Morgan fingerprint density at radius 1 is 1.18 bits per heavy atom. The maximum absolute atomic E-state index is 12.3. The first-order valence-corrected chi connectivity index (χ1v) is 9.02. The predicted octanol–water partition coefficient (Wildman–Crippen LogP) is 1.56. The summed E-state index contributed by atoms with van der Waals surface area (Å²) in [4.78, 5) is 14.3. The number of carbonyl (C=O) groups is 1. The summed E-state index contributed by atoms with van der Waals surface area (Å²) in [6.45, 7) is 4.90. The van der Waals surface area contributed by atoms with Gasteiger partial charge >= 0.3 is 0 Å². The van der Waals surface area contributed by atoms with Crippen molar-refractivity contribution in [3.05, 3.63) is 0 Å². The molecule has 0 bridgehead atoms. The van der Waals surface area contributed by atoms with Crippen LogP contribution in [0.3, 0.4) is 0 Å². The van der Waals surface area contributed by atoms with E-state index >= 15 is 0 Å². The van der Waals surface area contributed by atoms with E-state index in [2.05, 4.69) is 5.32 Å². The zero-order valence-electron chi connectivity index (χ0n) is 13.6. The Labute approximate surface area is 133 Å². The largest absolute Gasteiger partial charge is 0.378 e. The fourth-order valence-corrected chi connectivity index (χ4v) is 3.81. The van der Waals surface area contributed by atoms with Gasteiger partial charge in [-0.05, 0) is 31.6 Å². The molecule has 1 N–H and O–H groups in total. The van der Waals surface area contributed by atoms with Crippen LogP contribution < -0.4 is 5.32 Å². The van der Waals surface area contributed by atoms with Gasteiger partial charge in [0.15, 0.2) is 0 Å². The van der Waals surface area contributed by atoms with Crippen molar-refractivity contribution in [1.82, 2.24) is 10.2 Å². The second-order valence-electron chi connectivity index (χ2n) is 6.99. The summed E-state index contributed by atoms with van der Waals surface area (Å²) in [5.74, 6) is 1.05. The molecular weight excluding hydrogens is 280 g/mol. The van der Waals surface area contributed by atoms with Crippen LogP contribution in [-0.4, -0.2) is 62.4 Å². The van der Waals surface area contributed by atoms with E-state index in [1.54, 1.807) is 0 Å². The van der Waals surface area contributed by atoms with Crippen molar-refractivity contribution in [2.24, 2.45) is 5.92 Å². The number of hydrogen-bond acceptors (Lipinski definition) is 4. The Bertz CT molecular complexity index is 344. The number of likely N-dealkylation sites (tertiary alicyclic amines) is 1. The summed E-state index contributed by atoms with van der Waals surface area (Å²) in [6.07, 6.45) is 8.34. The number of morpholine rings is 1. The summed E-state index contributed by atoms with van der Waals surface area (Å²) >= 11 is 0. The van der Waals surface area contributed by atoms with Crippen molar-refractivity contribution in [3.63, 3.8) is 0 Å². The molecule has 2 heterocycles. The fourth-order valence-electron chi connectivity index (χ4n) is 3.81. The van der Waals surface area contributed by atoms with Crippen LogP contribution >= 0.6 is 0 Å². The Morgan fingerprint density at radius 2 is 1.95 bits per heavy atom. The normalized spacial score (nSPS) is 28.2. The van der Waals surface area contributed by atoms with Crippen molar-refractivity contribution in [3.8, 4) is 0 Å². The molecule has 1 unspecified atom stereocenters. The lowest BCUT2D eigenvalue weighted by Gasteiger charge is -2.34. The van der Waals surface area contributed by atoms with Crippen LogP contribution in [0.4, 0.5) is 0 Å². The lowest BCUT2D eigenvalue weighted by molar-refractivity contribution is -0.135. The molecule has 0 radical (unpaired) electrons. The van der Waals surface area contributed by atoms with Crippen LogP contribution in [0.2, 0.25) is 0 Å². The molecule has 3 fully saturated rings. The third kappa shape index (κ3) is 4.67. The van der Waals surface area contributed by atoms with Gasteiger partial charge in [0.1, 0.15) is 0 Å².